The van der Waals surface area contributed by atoms with E-state index in [1.807, 2.05) is 45.7 Å². The second kappa shape index (κ2) is 10.1. The summed E-state index contributed by atoms with van der Waals surface area (Å²) in [6.07, 6.45) is 5.31. The first-order valence-corrected chi connectivity index (χ1v) is 15.3. The van der Waals surface area contributed by atoms with Crippen LogP contribution in [-0.4, -0.2) is 55.0 Å². The van der Waals surface area contributed by atoms with Crippen LogP contribution >= 0.6 is 0 Å². The van der Waals surface area contributed by atoms with Gasteiger partial charge in [0, 0.05) is 47.8 Å². The van der Waals surface area contributed by atoms with Crippen LogP contribution < -0.4 is 15.2 Å². The first-order chi connectivity index (χ1) is 21.0. The van der Waals surface area contributed by atoms with Crippen molar-refractivity contribution in [3.63, 3.8) is 0 Å². The number of nitrogens with two attached hydrogens (primary N) is 1. The van der Waals surface area contributed by atoms with Crippen molar-refractivity contribution in [2.75, 3.05) is 7.11 Å². The maximum atomic E-state index is 13.8. The van der Waals surface area contributed by atoms with Gasteiger partial charge in [-0.15, -0.1) is 0 Å². The molecule has 3 aliphatic rings. The van der Waals surface area contributed by atoms with Crippen LogP contribution in [0.4, 0.5) is 0 Å². The highest BCUT2D eigenvalue weighted by molar-refractivity contribution is 5.96. The molecule has 43 heavy (non-hydrogen) atoms. The van der Waals surface area contributed by atoms with Crippen LogP contribution in [0.1, 0.15) is 53.7 Å². The molecule has 0 unspecified atom stereocenters. The van der Waals surface area contributed by atoms with E-state index in [9.17, 15) is 4.79 Å². The van der Waals surface area contributed by atoms with E-state index in [4.69, 9.17) is 25.2 Å². The Hall–Kier alpha value is -4.37. The summed E-state index contributed by atoms with van der Waals surface area (Å²) in [5, 5.41) is 1.04. The van der Waals surface area contributed by atoms with E-state index in [0.717, 1.165) is 59.5 Å². The van der Waals surface area contributed by atoms with Gasteiger partial charge in [-0.2, -0.15) is 4.98 Å². The number of carbonyl (C=O) groups excluding carboxylic acids is 1. The van der Waals surface area contributed by atoms with E-state index in [1.165, 1.54) is 12.8 Å². The number of hydrogen-bond donors (Lipinski definition) is 1. The van der Waals surface area contributed by atoms with Crippen LogP contribution in [0, 0.1) is 12.8 Å². The third-order valence-electron chi connectivity index (χ3n) is 9.52. The van der Waals surface area contributed by atoms with Crippen LogP contribution in [0.5, 0.6) is 11.8 Å². The first-order valence-electron chi connectivity index (χ1n) is 15.3. The molecule has 1 aliphatic carbocycles. The van der Waals surface area contributed by atoms with Crippen molar-refractivity contribution in [2.24, 2.45) is 11.7 Å². The van der Waals surface area contributed by atoms with Crippen molar-refractivity contribution in [3.8, 4) is 23.1 Å². The fourth-order valence-electron chi connectivity index (χ4n) is 7.15. The highest BCUT2D eigenvalue weighted by atomic mass is 16.5. The predicted molar refractivity (Wildman–Crippen MR) is 164 cm³/mol. The predicted octanol–water partition coefficient (Wildman–Crippen LogP) is 5.36. The smallest absolute Gasteiger partial charge is 0.254 e. The van der Waals surface area contributed by atoms with Gasteiger partial charge in [-0.05, 0) is 68.7 Å². The minimum absolute atomic E-state index is 0.0125. The Labute approximate surface area is 250 Å². The van der Waals surface area contributed by atoms with E-state index >= 15 is 0 Å². The minimum atomic E-state index is 0.0125. The number of carbonyl (C=O) groups is 1. The van der Waals surface area contributed by atoms with Gasteiger partial charge in [0.1, 0.15) is 23.6 Å². The van der Waals surface area contributed by atoms with Crippen molar-refractivity contribution >= 4 is 22.6 Å². The van der Waals surface area contributed by atoms with Crippen LogP contribution in [-0.2, 0) is 13.2 Å². The lowest BCUT2D eigenvalue weighted by Crippen LogP contribution is -2.40. The molecule has 5 aromatic rings. The fourth-order valence-corrected chi connectivity index (χ4v) is 7.15. The molecule has 9 heteroatoms. The van der Waals surface area contributed by atoms with Gasteiger partial charge in [0.25, 0.3) is 5.91 Å². The molecule has 2 saturated heterocycles. The number of amides is 1. The molecule has 9 nitrogen and oxygen atoms in total. The molecule has 220 valence electrons. The van der Waals surface area contributed by atoms with E-state index in [1.54, 1.807) is 7.11 Å². The van der Waals surface area contributed by atoms with E-state index in [2.05, 4.69) is 35.8 Å². The number of fused-ring (bicyclic) bond motifs is 4. The zero-order valence-corrected chi connectivity index (χ0v) is 24.6. The average Bonchev–Trinajstić information content (AvgIpc) is 3.35. The number of hydrogen-bond acceptors (Lipinski definition) is 6. The number of nitrogens with zero attached hydrogens (tertiary/aromatic N) is 5. The number of pyridine rings is 2. The topological polar surface area (TPSA) is 99.9 Å². The zero-order chi connectivity index (χ0) is 29.2. The van der Waals surface area contributed by atoms with Gasteiger partial charge < -0.3 is 24.7 Å². The number of benzene rings is 1. The van der Waals surface area contributed by atoms with Gasteiger partial charge in [-0.1, -0.05) is 30.3 Å². The standard InChI is InChI=1S/C34H36N6O3/c1-20-32(36-29-15-24(16-31(42-2)39(20)29)34(41)40-25-11-12-27(40)26(35)17-25)28-14-23-10-13-30(43-19-22-6-4-3-5-7-22)37-33(23)38(28)18-21-8-9-21/h3-7,10,13-16,21,25-27H,8-9,11-12,17-19,35H2,1-2H3/t25-,26+,27+/m0/s1. The molecule has 2 bridgehead atoms. The van der Waals surface area contributed by atoms with Crippen molar-refractivity contribution < 1.29 is 14.3 Å². The van der Waals surface area contributed by atoms with Gasteiger partial charge in [0.2, 0.25) is 5.88 Å². The molecule has 2 N–H and O–H groups in total. The summed E-state index contributed by atoms with van der Waals surface area (Å²) < 4.78 is 16.2. The third kappa shape index (κ3) is 4.45. The Morgan fingerprint density at radius 2 is 1.86 bits per heavy atom. The SMILES string of the molecule is COc1cc(C(=O)N2[C@H]3CC[C@@H]2[C@H](N)C3)cc2nc(-c3cc4ccc(OCc5ccccc5)nc4n3CC3CC3)c(C)n12. The number of ether oxygens (including phenoxy) is 2. The van der Waals surface area contributed by atoms with Crippen molar-refractivity contribution in [1.29, 1.82) is 0 Å². The average molecular weight is 577 g/mol. The molecule has 3 fully saturated rings. The van der Waals surface area contributed by atoms with Crippen LogP contribution in [0.25, 0.3) is 28.1 Å². The van der Waals surface area contributed by atoms with E-state index in [0.29, 0.717) is 35.5 Å². The third-order valence-corrected chi connectivity index (χ3v) is 9.52. The largest absolute Gasteiger partial charge is 0.482 e. The molecule has 1 amide bonds. The monoisotopic (exact) mass is 576 g/mol. The quantitative estimate of drug-likeness (QED) is 0.267. The Bertz CT molecular complexity index is 1860. The van der Waals surface area contributed by atoms with Crippen LogP contribution in [0.2, 0.25) is 0 Å². The molecule has 3 atom stereocenters. The van der Waals surface area contributed by atoms with Gasteiger partial charge in [0.05, 0.1) is 18.5 Å². The molecule has 8 rings (SSSR count). The lowest BCUT2D eigenvalue weighted by atomic mass is 9.97. The molecule has 0 spiro atoms. The van der Waals surface area contributed by atoms with Gasteiger partial charge in [-0.25, -0.2) is 4.98 Å². The molecule has 2 aliphatic heterocycles. The summed E-state index contributed by atoms with van der Waals surface area (Å²) in [5.41, 5.74) is 12.4. The number of rotatable bonds is 8. The molecular weight excluding hydrogens is 540 g/mol. The summed E-state index contributed by atoms with van der Waals surface area (Å²) in [7, 11) is 1.64. The molecule has 6 heterocycles. The lowest BCUT2D eigenvalue weighted by Gasteiger charge is -2.23. The van der Waals surface area contributed by atoms with Gasteiger partial charge in [0.15, 0.2) is 5.88 Å². The molecular formula is C34H36N6O3. The Morgan fingerprint density at radius 1 is 1.02 bits per heavy atom. The highest BCUT2D eigenvalue weighted by Crippen LogP contribution is 2.40. The molecule has 1 saturated carbocycles. The Balaban J connectivity index is 1.19. The lowest BCUT2D eigenvalue weighted by molar-refractivity contribution is 0.0726. The van der Waals surface area contributed by atoms with Crippen molar-refractivity contribution in [3.05, 3.63) is 77.5 Å². The van der Waals surface area contributed by atoms with E-state index in [-0.39, 0.29) is 24.0 Å². The summed E-state index contributed by atoms with van der Waals surface area (Å²) in [6, 6.07) is 20.4. The molecule has 0 radical (unpaired) electrons. The molecule has 1 aromatic carbocycles. The summed E-state index contributed by atoms with van der Waals surface area (Å²) in [5.74, 6) is 1.83. The number of imidazole rings is 1. The first kappa shape index (κ1) is 26.3. The second-order valence-corrected chi connectivity index (χ2v) is 12.4. The van der Waals surface area contributed by atoms with Gasteiger partial charge >= 0.3 is 0 Å². The van der Waals surface area contributed by atoms with Gasteiger partial charge in [-0.3, -0.25) is 9.20 Å². The van der Waals surface area contributed by atoms with E-state index < -0.39 is 0 Å². The maximum absolute atomic E-state index is 13.8. The Morgan fingerprint density at radius 3 is 2.58 bits per heavy atom. The summed E-state index contributed by atoms with van der Waals surface area (Å²) in [4.78, 5) is 25.8. The molecule has 4 aromatic heterocycles. The van der Waals surface area contributed by atoms with Crippen molar-refractivity contribution in [2.45, 2.75) is 70.3 Å². The summed E-state index contributed by atoms with van der Waals surface area (Å²) >= 11 is 0. The number of aryl methyl sites for hydroxylation is 1. The minimum Gasteiger partial charge on any atom is -0.482 e. The number of methoxy groups -OCH3 is 1. The normalized spacial score (nSPS) is 21.3. The van der Waals surface area contributed by atoms with Crippen LogP contribution in [0.3, 0.4) is 0 Å². The number of aromatic nitrogens is 4. The Kier molecular flexibility index (Phi) is 6.18. The summed E-state index contributed by atoms with van der Waals surface area (Å²) in [6.45, 7) is 3.40. The second-order valence-electron chi connectivity index (χ2n) is 12.4. The van der Waals surface area contributed by atoms with Crippen LogP contribution in [0.15, 0.2) is 60.7 Å². The highest BCUT2D eigenvalue weighted by Gasteiger charge is 2.47. The maximum Gasteiger partial charge on any atom is 0.254 e. The fraction of sp³-hybridized carbons (Fsp3) is 0.382. The van der Waals surface area contributed by atoms with Crippen molar-refractivity contribution in [1.82, 2.24) is 23.8 Å². The zero-order valence-electron chi connectivity index (χ0n) is 24.6.